The van der Waals surface area contributed by atoms with Crippen molar-refractivity contribution in [3.8, 4) is 0 Å². The zero-order chi connectivity index (χ0) is 11.4. The van der Waals surface area contributed by atoms with Gasteiger partial charge < -0.3 is 19.4 Å². The summed E-state index contributed by atoms with van der Waals surface area (Å²) in [4.78, 5) is 24.0. The highest BCUT2D eigenvalue weighted by Gasteiger charge is 2.21. The van der Waals surface area contributed by atoms with E-state index in [0.717, 1.165) is 0 Å². The van der Waals surface area contributed by atoms with E-state index in [-0.39, 0.29) is 17.8 Å². The Labute approximate surface area is 92.2 Å². The minimum Gasteiger partial charge on any atom is -0.459 e. The quantitative estimate of drug-likeness (QED) is 0.806. The Kier molecular flexibility index (Phi) is 3.09. The largest absolute Gasteiger partial charge is 0.459 e. The molecule has 1 N–H and O–H groups in total. The Morgan fingerprint density at radius 3 is 3.06 bits per heavy atom. The van der Waals surface area contributed by atoms with Gasteiger partial charge in [-0.05, 0) is 12.1 Å². The lowest BCUT2D eigenvalue weighted by Crippen LogP contribution is -2.35. The van der Waals surface area contributed by atoms with E-state index < -0.39 is 0 Å². The molecule has 0 spiro atoms. The van der Waals surface area contributed by atoms with Gasteiger partial charge in [-0.15, -0.1) is 0 Å². The van der Waals surface area contributed by atoms with Crippen LogP contribution in [0, 0.1) is 0 Å². The topological polar surface area (TPSA) is 71.8 Å². The zero-order valence-corrected chi connectivity index (χ0v) is 8.64. The highest BCUT2D eigenvalue weighted by Crippen LogP contribution is 2.02. The summed E-state index contributed by atoms with van der Waals surface area (Å²) in [6.45, 7) is 1.83. The minimum atomic E-state index is -0.327. The Bertz CT molecular complexity index is 374. The fourth-order valence-corrected chi connectivity index (χ4v) is 1.43. The predicted molar refractivity (Wildman–Crippen MR) is 54.0 cm³/mol. The number of hydrogen-bond donors (Lipinski definition) is 1. The molecule has 1 aliphatic heterocycles. The van der Waals surface area contributed by atoms with Gasteiger partial charge >= 0.3 is 6.09 Å². The SMILES string of the molecule is O=C(NCCN1CCOC1=O)c1ccco1. The molecule has 16 heavy (non-hydrogen) atoms. The number of nitrogens with zero attached hydrogens (tertiary/aromatic N) is 1. The molecule has 1 saturated heterocycles. The van der Waals surface area contributed by atoms with Crippen molar-refractivity contribution >= 4 is 12.0 Å². The maximum Gasteiger partial charge on any atom is 0.409 e. The van der Waals surface area contributed by atoms with Crippen LogP contribution in [0.3, 0.4) is 0 Å². The molecule has 6 heteroatoms. The molecule has 2 rings (SSSR count). The second-order valence-corrected chi connectivity index (χ2v) is 3.33. The number of nitrogens with one attached hydrogen (secondary N) is 1. The number of amides is 2. The van der Waals surface area contributed by atoms with Gasteiger partial charge in [-0.25, -0.2) is 4.79 Å². The maximum absolute atomic E-state index is 11.4. The summed E-state index contributed by atoms with van der Waals surface area (Å²) in [5.74, 6) is -0.0124. The molecule has 86 valence electrons. The third-order valence-corrected chi connectivity index (χ3v) is 2.26. The van der Waals surface area contributed by atoms with Crippen molar-refractivity contribution in [1.82, 2.24) is 10.2 Å². The molecule has 1 fully saturated rings. The van der Waals surface area contributed by atoms with E-state index in [1.165, 1.54) is 6.26 Å². The average molecular weight is 224 g/mol. The summed E-state index contributed by atoms with van der Waals surface area (Å²) in [7, 11) is 0. The van der Waals surface area contributed by atoms with Gasteiger partial charge in [-0.1, -0.05) is 0 Å². The van der Waals surface area contributed by atoms with Crippen LogP contribution in [0.25, 0.3) is 0 Å². The van der Waals surface area contributed by atoms with Crippen molar-refractivity contribution in [2.24, 2.45) is 0 Å². The summed E-state index contributed by atoms with van der Waals surface area (Å²) in [5, 5.41) is 2.65. The molecular weight excluding hydrogens is 212 g/mol. The Balaban J connectivity index is 1.72. The van der Waals surface area contributed by atoms with E-state index in [1.54, 1.807) is 17.0 Å². The second kappa shape index (κ2) is 4.69. The summed E-state index contributed by atoms with van der Waals surface area (Å²) in [6.07, 6.45) is 1.11. The molecule has 0 bridgehead atoms. The molecule has 0 aliphatic carbocycles. The van der Waals surface area contributed by atoms with Crippen molar-refractivity contribution in [1.29, 1.82) is 0 Å². The fourth-order valence-electron chi connectivity index (χ4n) is 1.43. The molecule has 0 aromatic carbocycles. The van der Waals surface area contributed by atoms with Gasteiger partial charge in [0.15, 0.2) is 5.76 Å². The second-order valence-electron chi connectivity index (χ2n) is 3.33. The maximum atomic E-state index is 11.4. The molecule has 2 amide bonds. The van der Waals surface area contributed by atoms with Crippen molar-refractivity contribution in [3.05, 3.63) is 24.2 Å². The summed E-state index contributed by atoms with van der Waals surface area (Å²) in [5.41, 5.74) is 0. The van der Waals surface area contributed by atoms with Gasteiger partial charge in [0.05, 0.1) is 12.8 Å². The van der Waals surface area contributed by atoms with E-state index in [2.05, 4.69) is 5.32 Å². The van der Waals surface area contributed by atoms with Crippen LogP contribution in [0.5, 0.6) is 0 Å². The molecule has 0 radical (unpaired) electrons. The lowest BCUT2D eigenvalue weighted by Gasteiger charge is -2.12. The van der Waals surface area contributed by atoms with E-state index in [4.69, 9.17) is 9.15 Å². The first-order valence-electron chi connectivity index (χ1n) is 5.01. The van der Waals surface area contributed by atoms with Gasteiger partial charge in [0.1, 0.15) is 6.61 Å². The van der Waals surface area contributed by atoms with Gasteiger partial charge in [-0.2, -0.15) is 0 Å². The minimum absolute atomic E-state index is 0.268. The molecule has 0 unspecified atom stereocenters. The summed E-state index contributed by atoms with van der Waals surface area (Å²) < 4.78 is 9.67. The number of ether oxygens (including phenoxy) is 1. The van der Waals surface area contributed by atoms with E-state index >= 15 is 0 Å². The van der Waals surface area contributed by atoms with Gasteiger partial charge in [0, 0.05) is 13.1 Å². The number of carbonyl (C=O) groups excluding carboxylic acids is 2. The van der Waals surface area contributed by atoms with Crippen LogP contribution in [-0.2, 0) is 4.74 Å². The monoisotopic (exact) mass is 224 g/mol. The number of hydrogen-bond acceptors (Lipinski definition) is 4. The molecule has 6 nitrogen and oxygen atoms in total. The Morgan fingerprint density at radius 1 is 1.56 bits per heavy atom. The third-order valence-electron chi connectivity index (χ3n) is 2.26. The lowest BCUT2D eigenvalue weighted by atomic mass is 10.4. The lowest BCUT2D eigenvalue weighted by molar-refractivity contribution is 0.0921. The van der Waals surface area contributed by atoms with E-state index in [9.17, 15) is 9.59 Å². The zero-order valence-electron chi connectivity index (χ0n) is 8.64. The first kappa shape index (κ1) is 10.5. The van der Waals surface area contributed by atoms with Crippen molar-refractivity contribution < 1.29 is 18.7 Å². The standard InChI is InChI=1S/C10H12N2O4/c13-9(8-2-1-6-15-8)11-3-4-12-5-7-16-10(12)14/h1-2,6H,3-5,7H2,(H,11,13). The summed E-state index contributed by atoms with van der Waals surface area (Å²) >= 11 is 0. The van der Waals surface area contributed by atoms with Crippen LogP contribution in [0.4, 0.5) is 4.79 Å². The number of rotatable bonds is 4. The van der Waals surface area contributed by atoms with Crippen LogP contribution in [0.15, 0.2) is 22.8 Å². The van der Waals surface area contributed by atoms with Crippen LogP contribution < -0.4 is 5.32 Å². The predicted octanol–water partition coefficient (Wildman–Crippen LogP) is 0.462. The van der Waals surface area contributed by atoms with Crippen LogP contribution >= 0.6 is 0 Å². The molecule has 0 saturated carbocycles. The highest BCUT2D eigenvalue weighted by atomic mass is 16.6. The molecule has 1 aromatic heterocycles. The first-order valence-corrected chi connectivity index (χ1v) is 5.01. The van der Waals surface area contributed by atoms with Crippen LogP contribution in [0.1, 0.15) is 10.6 Å². The van der Waals surface area contributed by atoms with Crippen LogP contribution in [-0.4, -0.2) is 43.1 Å². The molecule has 2 heterocycles. The van der Waals surface area contributed by atoms with Gasteiger partial charge in [0.2, 0.25) is 0 Å². The van der Waals surface area contributed by atoms with E-state index in [0.29, 0.717) is 26.2 Å². The Morgan fingerprint density at radius 2 is 2.44 bits per heavy atom. The number of cyclic esters (lactones) is 1. The normalized spacial score (nSPS) is 15.0. The third kappa shape index (κ3) is 2.33. The van der Waals surface area contributed by atoms with Crippen molar-refractivity contribution in [2.75, 3.05) is 26.2 Å². The van der Waals surface area contributed by atoms with Crippen molar-refractivity contribution in [2.45, 2.75) is 0 Å². The van der Waals surface area contributed by atoms with E-state index in [1.807, 2.05) is 0 Å². The molecular formula is C10H12N2O4. The van der Waals surface area contributed by atoms with Gasteiger partial charge in [0.25, 0.3) is 5.91 Å². The van der Waals surface area contributed by atoms with Crippen LogP contribution in [0.2, 0.25) is 0 Å². The fraction of sp³-hybridized carbons (Fsp3) is 0.400. The first-order chi connectivity index (χ1) is 7.77. The average Bonchev–Trinajstić information content (AvgIpc) is 2.90. The highest BCUT2D eigenvalue weighted by molar-refractivity contribution is 5.91. The summed E-state index contributed by atoms with van der Waals surface area (Å²) in [6, 6.07) is 3.23. The van der Waals surface area contributed by atoms with Gasteiger partial charge in [-0.3, -0.25) is 4.79 Å². The number of furan rings is 1. The Hall–Kier alpha value is -1.98. The molecule has 1 aliphatic rings. The molecule has 1 aromatic rings. The molecule has 0 atom stereocenters. The smallest absolute Gasteiger partial charge is 0.409 e. The van der Waals surface area contributed by atoms with Crippen molar-refractivity contribution in [3.63, 3.8) is 0 Å². The number of carbonyl (C=O) groups is 2.